The van der Waals surface area contributed by atoms with Gasteiger partial charge in [-0.2, -0.15) is 0 Å². The summed E-state index contributed by atoms with van der Waals surface area (Å²) in [6.45, 7) is 5.59. The summed E-state index contributed by atoms with van der Waals surface area (Å²) in [5, 5.41) is 6.28. The van der Waals surface area contributed by atoms with Crippen molar-refractivity contribution >= 4 is 17.4 Å². The molecule has 0 fully saturated rings. The Hall–Kier alpha value is -3.25. The van der Waals surface area contributed by atoms with Gasteiger partial charge in [-0.1, -0.05) is 42.5 Å². The van der Waals surface area contributed by atoms with Crippen LogP contribution in [0.25, 0.3) is 11.4 Å². The molecule has 1 amide bonds. The maximum absolute atomic E-state index is 13.0. The van der Waals surface area contributed by atoms with Gasteiger partial charge in [0.25, 0.3) is 5.91 Å². The Bertz CT molecular complexity index is 986. The van der Waals surface area contributed by atoms with E-state index in [1.165, 1.54) is 0 Å². The van der Waals surface area contributed by atoms with Crippen molar-refractivity contribution in [1.29, 1.82) is 0 Å². The number of amides is 1. The van der Waals surface area contributed by atoms with Crippen molar-refractivity contribution < 1.29 is 4.79 Å². The maximum Gasteiger partial charge on any atom is 0.274 e. The number of benzene rings is 2. The number of anilines is 2. The molecule has 150 valence electrons. The lowest BCUT2D eigenvalue weighted by atomic mass is 10.1. The van der Waals surface area contributed by atoms with Crippen molar-refractivity contribution in [3.05, 3.63) is 71.4 Å². The molecule has 3 rings (SSSR count). The fraction of sp³-hybridized carbons (Fsp3) is 0.261. The lowest BCUT2D eigenvalue weighted by Crippen LogP contribution is -2.22. The van der Waals surface area contributed by atoms with Gasteiger partial charge in [-0.3, -0.25) is 4.79 Å². The first-order valence-electron chi connectivity index (χ1n) is 9.64. The van der Waals surface area contributed by atoms with Gasteiger partial charge in [0.15, 0.2) is 5.82 Å². The standard InChI is InChI=1S/C23H27N5O/c1-16-9-8-12-19(17(16)2)26-23(29)20-15-21(24-13-14-28(3)4)27-22(25-20)18-10-6-5-7-11-18/h5-12,15H,13-14H2,1-4H3,(H,26,29)(H,24,25,27). The molecule has 0 aliphatic rings. The zero-order chi connectivity index (χ0) is 20.8. The number of hydrogen-bond donors (Lipinski definition) is 2. The van der Waals surface area contributed by atoms with Crippen molar-refractivity contribution in [2.24, 2.45) is 0 Å². The van der Waals surface area contributed by atoms with Gasteiger partial charge in [0.1, 0.15) is 11.5 Å². The summed E-state index contributed by atoms with van der Waals surface area (Å²) in [6, 6.07) is 17.2. The van der Waals surface area contributed by atoms with E-state index >= 15 is 0 Å². The van der Waals surface area contributed by atoms with E-state index in [2.05, 4.69) is 25.5 Å². The number of nitrogens with one attached hydrogen (secondary N) is 2. The molecule has 0 aliphatic heterocycles. The lowest BCUT2D eigenvalue weighted by Gasteiger charge is -2.14. The molecule has 1 heterocycles. The second-order valence-electron chi connectivity index (χ2n) is 7.26. The number of rotatable bonds is 7. The number of hydrogen-bond acceptors (Lipinski definition) is 5. The van der Waals surface area contributed by atoms with Gasteiger partial charge < -0.3 is 15.5 Å². The molecular formula is C23H27N5O. The van der Waals surface area contributed by atoms with E-state index in [0.717, 1.165) is 35.5 Å². The minimum atomic E-state index is -0.256. The molecule has 0 radical (unpaired) electrons. The van der Waals surface area contributed by atoms with E-state index in [9.17, 15) is 4.79 Å². The molecular weight excluding hydrogens is 362 g/mol. The van der Waals surface area contributed by atoms with E-state index in [1.54, 1.807) is 6.07 Å². The summed E-state index contributed by atoms with van der Waals surface area (Å²) in [6.07, 6.45) is 0. The number of nitrogens with zero attached hydrogens (tertiary/aromatic N) is 3. The van der Waals surface area contributed by atoms with E-state index in [4.69, 9.17) is 0 Å². The monoisotopic (exact) mass is 389 g/mol. The second kappa shape index (κ2) is 9.30. The Balaban J connectivity index is 1.91. The largest absolute Gasteiger partial charge is 0.369 e. The quantitative estimate of drug-likeness (QED) is 0.639. The van der Waals surface area contributed by atoms with Gasteiger partial charge in [0, 0.05) is 30.4 Å². The first-order valence-corrected chi connectivity index (χ1v) is 9.64. The van der Waals surface area contributed by atoms with Crippen LogP contribution in [-0.2, 0) is 0 Å². The Morgan fingerprint density at radius 1 is 1.00 bits per heavy atom. The summed E-state index contributed by atoms with van der Waals surface area (Å²) >= 11 is 0. The van der Waals surface area contributed by atoms with Crippen molar-refractivity contribution in [3.8, 4) is 11.4 Å². The lowest BCUT2D eigenvalue weighted by molar-refractivity contribution is 0.102. The molecule has 0 unspecified atom stereocenters. The average Bonchev–Trinajstić information content (AvgIpc) is 2.71. The Labute approximate surface area is 172 Å². The molecule has 0 bridgehead atoms. The Morgan fingerprint density at radius 3 is 2.48 bits per heavy atom. The van der Waals surface area contributed by atoms with E-state index in [1.807, 2.05) is 76.5 Å². The molecule has 0 spiro atoms. The molecule has 6 nitrogen and oxygen atoms in total. The topological polar surface area (TPSA) is 70.2 Å². The van der Waals surface area contributed by atoms with Crippen LogP contribution in [0.2, 0.25) is 0 Å². The summed E-state index contributed by atoms with van der Waals surface area (Å²) in [5.74, 6) is 0.896. The highest BCUT2D eigenvalue weighted by molar-refractivity contribution is 6.04. The van der Waals surface area contributed by atoms with Crippen molar-refractivity contribution in [2.75, 3.05) is 37.8 Å². The van der Waals surface area contributed by atoms with Crippen LogP contribution in [0.3, 0.4) is 0 Å². The first-order chi connectivity index (χ1) is 13.9. The van der Waals surface area contributed by atoms with Gasteiger partial charge in [-0.05, 0) is 45.1 Å². The zero-order valence-electron chi connectivity index (χ0n) is 17.4. The van der Waals surface area contributed by atoms with Crippen LogP contribution in [-0.4, -0.2) is 48.0 Å². The van der Waals surface area contributed by atoms with Crippen LogP contribution in [0.15, 0.2) is 54.6 Å². The predicted octanol–water partition coefficient (Wildman–Crippen LogP) is 3.99. The minimum absolute atomic E-state index is 0.256. The third-order valence-corrected chi connectivity index (χ3v) is 4.71. The molecule has 1 aromatic heterocycles. The highest BCUT2D eigenvalue weighted by Gasteiger charge is 2.14. The SMILES string of the molecule is Cc1cccc(NC(=O)c2cc(NCCN(C)C)nc(-c3ccccc3)n2)c1C. The zero-order valence-corrected chi connectivity index (χ0v) is 17.4. The van der Waals surface area contributed by atoms with Crippen LogP contribution in [0, 0.1) is 13.8 Å². The molecule has 0 saturated heterocycles. The van der Waals surface area contributed by atoms with Crippen LogP contribution in [0.4, 0.5) is 11.5 Å². The maximum atomic E-state index is 13.0. The molecule has 0 aliphatic carbocycles. The van der Waals surface area contributed by atoms with Crippen LogP contribution in [0.1, 0.15) is 21.6 Å². The van der Waals surface area contributed by atoms with E-state index in [0.29, 0.717) is 17.3 Å². The third kappa shape index (κ3) is 5.39. The van der Waals surface area contributed by atoms with Gasteiger partial charge >= 0.3 is 0 Å². The second-order valence-corrected chi connectivity index (χ2v) is 7.26. The number of carbonyl (C=O) groups is 1. The molecule has 2 aromatic carbocycles. The third-order valence-electron chi connectivity index (χ3n) is 4.71. The summed E-state index contributed by atoms with van der Waals surface area (Å²) in [4.78, 5) is 24.2. The molecule has 6 heteroatoms. The summed E-state index contributed by atoms with van der Waals surface area (Å²) < 4.78 is 0. The van der Waals surface area contributed by atoms with Crippen LogP contribution >= 0.6 is 0 Å². The normalized spacial score (nSPS) is 10.8. The van der Waals surface area contributed by atoms with Crippen molar-refractivity contribution in [1.82, 2.24) is 14.9 Å². The number of likely N-dealkylation sites (N-methyl/N-ethyl adjacent to an activating group) is 1. The van der Waals surface area contributed by atoms with Gasteiger partial charge in [-0.25, -0.2) is 9.97 Å². The molecule has 0 atom stereocenters. The number of aromatic nitrogens is 2. The van der Waals surface area contributed by atoms with Crippen LogP contribution in [0.5, 0.6) is 0 Å². The highest BCUT2D eigenvalue weighted by Crippen LogP contribution is 2.21. The summed E-state index contributed by atoms with van der Waals surface area (Å²) in [7, 11) is 4.03. The first kappa shape index (κ1) is 20.5. The highest BCUT2D eigenvalue weighted by atomic mass is 16.1. The predicted molar refractivity (Wildman–Crippen MR) is 118 cm³/mol. The summed E-state index contributed by atoms with van der Waals surface area (Å²) in [5.41, 5.74) is 4.15. The van der Waals surface area contributed by atoms with Crippen LogP contribution < -0.4 is 10.6 Å². The minimum Gasteiger partial charge on any atom is -0.369 e. The van der Waals surface area contributed by atoms with Gasteiger partial charge in [0.05, 0.1) is 0 Å². The fourth-order valence-electron chi connectivity index (χ4n) is 2.85. The van der Waals surface area contributed by atoms with Gasteiger partial charge in [0.2, 0.25) is 0 Å². The molecule has 2 N–H and O–H groups in total. The molecule has 0 saturated carbocycles. The Morgan fingerprint density at radius 2 is 1.76 bits per heavy atom. The van der Waals surface area contributed by atoms with Crippen molar-refractivity contribution in [3.63, 3.8) is 0 Å². The van der Waals surface area contributed by atoms with E-state index < -0.39 is 0 Å². The number of aryl methyl sites for hydroxylation is 1. The number of carbonyl (C=O) groups excluding carboxylic acids is 1. The van der Waals surface area contributed by atoms with Gasteiger partial charge in [-0.15, -0.1) is 0 Å². The molecule has 3 aromatic rings. The average molecular weight is 390 g/mol. The smallest absolute Gasteiger partial charge is 0.274 e. The van der Waals surface area contributed by atoms with Crippen molar-refractivity contribution in [2.45, 2.75) is 13.8 Å². The molecule has 29 heavy (non-hydrogen) atoms. The fourth-order valence-corrected chi connectivity index (χ4v) is 2.85. The van der Waals surface area contributed by atoms with E-state index in [-0.39, 0.29) is 5.91 Å². The Kier molecular flexibility index (Phi) is 6.57.